The van der Waals surface area contributed by atoms with Crippen LogP contribution in [0.25, 0.3) is 0 Å². The van der Waals surface area contributed by atoms with Crippen molar-refractivity contribution in [3.05, 3.63) is 24.8 Å². The third-order valence-electron chi connectivity index (χ3n) is 0.478. The van der Waals surface area contributed by atoms with Crippen LogP contribution in [-0.2, 0) is 4.57 Å². The zero-order chi connectivity index (χ0) is 9.82. The van der Waals surface area contributed by atoms with E-state index >= 15 is 0 Å². The molecule has 8 heteroatoms. The first kappa shape index (κ1) is 14.5. The first-order valence-corrected chi connectivity index (χ1v) is 5.45. The standard InChI is InChI=1S/C4H4N2.H3O3P.H2S2/c1-2-5-4-6-3-1;1-4(2)3;1-2/h1-4H;4H,(H2,1,2,3);1-2H. The molecule has 12 heavy (non-hydrogen) atoms. The van der Waals surface area contributed by atoms with Crippen LogP contribution in [0.4, 0.5) is 0 Å². The predicted octanol–water partition coefficient (Wildman–Crippen LogP) is 0.598. The molecular formula is C4H9N2O3PS2. The van der Waals surface area contributed by atoms with E-state index in [0.29, 0.717) is 0 Å². The molecule has 0 aromatic carbocycles. The number of hydrogen-bond donors (Lipinski definition) is 4. The summed E-state index contributed by atoms with van der Waals surface area (Å²) in [6.45, 7) is 0. The van der Waals surface area contributed by atoms with E-state index in [1.54, 1.807) is 18.5 Å². The monoisotopic (exact) mass is 228 g/mol. The van der Waals surface area contributed by atoms with E-state index in [-0.39, 0.29) is 0 Å². The topological polar surface area (TPSA) is 83.3 Å². The van der Waals surface area contributed by atoms with Crippen molar-refractivity contribution in [2.75, 3.05) is 0 Å². The van der Waals surface area contributed by atoms with Crippen molar-refractivity contribution in [1.29, 1.82) is 0 Å². The van der Waals surface area contributed by atoms with Crippen LogP contribution in [0.2, 0.25) is 0 Å². The van der Waals surface area contributed by atoms with E-state index in [0.717, 1.165) is 0 Å². The summed E-state index contributed by atoms with van der Waals surface area (Å²) in [5.74, 6) is 0. The molecule has 70 valence electrons. The molecule has 0 saturated carbocycles. The van der Waals surface area contributed by atoms with Gasteiger partial charge in [-0.25, -0.2) is 9.97 Å². The normalized spacial score (nSPS) is 7.42. The highest BCUT2D eigenvalue weighted by Gasteiger charge is 1.61. The lowest BCUT2D eigenvalue weighted by Crippen LogP contribution is -1.66. The Balaban J connectivity index is 0. The summed E-state index contributed by atoms with van der Waals surface area (Å²) < 4.78 is 8.74. The molecule has 5 nitrogen and oxygen atoms in total. The van der Waals surface area contributed by atoms with Gasteiger partial charge in [0.25, 0.3) is 0 Å². The number of nitrogens with zero attached hydrogens (tertiary/aromatic N) is 2. The van der Waals surface area contributed by atoms with Crippen molar-refractivity contribution >= 4 is 31.6 Å². The average molecular weight is 228 g/mol. The highest BCUT2D eigenvalue weighted by atomic mass is 33.1. The van der Waals surface area contributed by atoms with Crippen LogP contribution in [0.15, 0.2) is 24.8 Å². The Kier molecular flexibility index (Phi) is 16.3. The van der Waals surface area contributed by atoms with Crippen LogP contribution < -0.4 is 0 Å². The molecule has 0 fully saturated rings. The first-order valence-electron chi connectivity index (χ1n) is 2.55. The quantitative estimate of drug-likeness (QED) is 0.297. The fourth-order valence-corrected chi connectivity index (χ4v) is 0.253. The lowest BCUT2D eigenvalue weighted by atomic mass is 10.7. The number of thiol groups is 2. The van der Waals surface area contributed by atoms with Crippen molar-refractivity contribution in [3.8, 4) is 0 Å². The van der Waals surface area contributed by atoms with Gasteiger partial charge in [-0.2, -0.15) is 0 Å². The first-order chi connectivity index (χ1) is 5.73. The van der Waals surface area contributed by atoms with E-state index in [9.17, 15) is 0 Å². The molecule has 1 aromatic rings. The zero-order valence-electron chi connectivity index (χ0n) is 5.90. The third-order valence-corrected chi connectivity index (χ3v) is 0.478. The maximum atomic E-state index is 8.74. The fourth-order valence-electron chi connectivity index (χ4n) is 0.253. The van der Waals surface area contributed by atoms with Crippen molar-refractivity contribution in [2.45, 2.75) is 0 Å². The highest BCUT2D eigenvalue weighted by Crippen LogP contribution is 1.98. The van der Waals surface area contributed by atoms with Gasteiger partial charge in [-0.15, -0.1) is 23.3 Å². The van der Waals surface area contributed by atoms with Crippen LogP contribution in [0.3, 0.4) is 0 Å². The van der Waals surface area contributed by atoms with Crippen molar-refractivity contribution in [2.24, 2.45) is 0 Å². The molecule has 0 spiro atoms. The fraction of sp³-hybridized carbons (Fsp3) is 0. The van der Waals surface area contributed by atoms with Crippen LogP contribution in [0, 0.1) is 0 Å². The summed E-state index contributed by atoms with van der Waals surface area (Å²) in [6, 6.07) is 1.78. The molecule has 1 heterocycles. The molecule has 0 saturated heterocycles. The van der Waals surface area contributed by atoms with E-state index in [1.807, 2.05) is 0 Å². The Morgan fingerprint density at radius 3 is 1.58 bits per heavy atom. The van der Waals surface area contributed by atoms with Gasteiger partial charge >= 0.3 is 8.25 Å². The molecule has 1 rings (SSSR count). The molecule has 0 unspecified atom stereocenters. The van der Waals surface area contributed by atoms with Crippen molar-refractivity contribution in [3.63, 3.8) is 0 Å². The number of rotatable bonds is 0. The highest BCUT2D eigenvalue weighted by molar-refractivity contribution is 8.59. The molecule has 2 N–H and O–H groups in total. The Bertz CT molecular complexity index is 158. The molecular weight excluding hydrogens is 219 g/mol. The number of hydrogen-bond acceptors (Lipinski definition) is 5. The summed E-state index contributed by atoms with van der Waals surface area (Å²) in [5, 5.41) is 0. The van der Waals surface area contributed by atoms with Gasteiger partial charge in [-0.1, -0.05) is 0 Å². The second-order valence-electron chi connectivity index (χ2n) is 1.19. The van der Waals surface area contributed by atoms with Gasteiger partial charge in [0, 0.05) is 12.4 Å². The third kappa shape index (κ3) is 22.5. The minimum absolute atomic E-state index is 1.50. The summed E-state index contributed by atoms with van der Waals surface area (Å²) in [5.41, 5.74) is 0. The van der Waals surface area contributed by atoms with Gasteiger partial charge in [0.1, 0.15) is 6.33 Å². The zero-order valence-corrected chi connectivity index (χ0v) is 8.69. The maximum absolute atomic E-state index is 8.74. The Labute approximate surface area is 81.1 Å². The summed E-state index contributed by atoms with van der Waals surface area (Å²) in [7, 11) is -3.13. The predicted molar refractivity (Wildman–Crippen MR) is 53.4 cm³/mol. The minimum Gasteiger partial charge on any atom is -0.326 e. The molecule has 0 aliphatic heterocycles. The van der Waals surface area contributed by atoms with Crippen LogP contribution in [0.1, 0.15) is 0 Å². The second-order valence-corrected chi connectivity index (χ2v) is 1.75. The minimum atomic E-state index is -3.13. The van der Waals surface area contributed by atoms with E-state index in [4.69, 9.17) is 14.4 Å². The van der Waals surface area contributed by atoms with Gasteiger partial charge in [-0.3, -0.25) is 4.57 Å². The van der Waals surface area contributed by atoms with Gasteiger partial charge in [0.2, 0.25) is 0 Å². The Morgan fingerprint density at radius 1 is 1.17 bits per heavy atom. The van der Waals surface area contributed by atoms with E-state index in [1.165, 1.54) is 6.33 Å². The lowest BCUT2D eigenvalue weighted by molar-refractivity contribution is 0.405. The van der Waals surface area contributed by atoms with Crippen LogP contribution in [0.5, 0.6) is 0 Å². The molecule has 0 aliphatic rings. The van der Waals surface area contributed by atoms with Gasteiger partial charge in [-0.05, 0) is 6.07 Å². The van der Waals surface area contributed by atoms with Crippen molar-refractivity contribution < 1.29 is 14.4 Å². The Hall–Kier alpha value is -0.0700. The largest absolute Gasteiger partial charge is 0.326 e. The van der Waals surface area contributed by atoms with E-state index in [2.05, 4.69) is 33.3 Å². The second kappa shape index (κ2) is 13.5. The van der Waals surface area contributed by atoms with Crippen LogP contribution >= 0.6 is 31.6 Å². The maximum Gasteiger partial charge on any atom is 0.314 e. The average Bonchev–Trinajstić information content (AvgIpc) is 2.10. The van der Waals surface area contributed by atoms with Gasteiger partial charge in [0.05, 0.1) is 0 Å². The molecule has 0 aliphatic carbocycles. The lowest BCUT2D eigenvalue weighted by Gasteiger charge is -1.70. The Morgan fingerprint density at radius 2 is 1.50 bits per heavy atom. The summed E-state index contributed by atoms with van der Waals surface area (Å²) in [4.78, 5) is 21.7. The molecule has 1 aromatic heterocycles. The van der Waals surface area contributed by atoms with Crippen molar-refractivity contribution in [1.82, 2.24) is 9.97 Å². The van der Waals surface area contributed by atoms with Gasteiger partial charge in [0.15, 0.2) is 0 Å². The smallest absolute Gasteiger partial charge is 0.314 e. The molecule has 0 bridgehead atoms. The molecule has 0 atom stereocenters. The summed E-state index contributed by atoms with van der Waals surface area (Å²) >= 11 is 6.44. The number of aromatic nitrogens is 2. The van der Waals surface area contributed by atoms with Gasteiger partial charge < -0.3 is 9.79 Å². The van der Waals surface area contributed by atoms with Crippen LogP contribution in [-0.4, -0.2) is 19.8 Å². The molecule has 0 amide bonds. The molecule has 0 radical (unpaired) electrons. The summed E-state index contributed by atoms with van der Waals surface area (Å²) in [6.07, 6.45) is 4.88. The SMILES string of the molecule is O=[PH](O)O.SS.c1cncnc1. The van der Waals surface area contributed by atoms with E-state index < -0.39 is 8.25 Å².